The molecule has 0 spiro atoms. The van der Waals surface area contributed by atoms with Crippen LogP contribution in [-0.4, -0.2) is 58.7 Å². The van der Waals surface area contributed by atoms with E-state index in [1.165, 1.54) is 0 Å². The van der Waals surface area contributed by atoms with Gasteiger partial charge in [-0.25, -0.2) is 4.79 Å². The van der Waals surface area contributed by atoms with Crippen LogP contribution in [0.5, 0.6) is 0 Å². The molecule has 8 heteroatoms. The van der Waals surface area contributed by atoms with Gasteiger partial charge < -0.3 is 15.5 Å². The maximum atomic E-state index is 11.5. The first kappa shape index (κ1) is 12.4. The lowest BCUT2D eigenvalue weighted by molar-refractivity contribution is 0.207. The third-order valence-corrected chi connectivity index (χ3v) is 2.05. The van der Waals surface area contributed by atoms with E-state index in [-0.39, 0.29) is 12.6 Å². The number of amides is 2. The van der Waals surface area contributed by atoms with Crippen LogP contribution in [0.2, 0.25) is 0 Å². The Morgan fingerprint density at radius 2 is 2.38 bits per heavy atom. The molecular formula is C8H17N7O. The fourth-order valence-electron chi connectivity index (χ4n) is 1.14. The molecule has 0 radical (unpaired) electrons. The minimum atomic E-state index is -0.138. The lowest BCUT2D eigenvalue weighted by Crippen LogP contribution is -2.38. The Hall–Kier alpha value is -1.70. The number of carbonyl (C=O) groups is 1. The number of aromatic nitrogens is 4. The van der Waals surface area contributed by atoms with E-state index in [0.717, 1.165) is 13.0 Å². The summed E-state index contributed by atoms with van der Waals surface area (Å²) in [6.45, 7) is 1.88. The molecule has 0 aliphatic carbocycles. The van der Waals surface area contributed by atoms with Gasteiger partial charge in [0, 0.05) is 13.6 Å². The smallest absolute Gasteiger partial charge is 0.317 e. The topological polar surface area (TPSA) is 98.8 Å². The second kappa shape index (κ2) is 6.72. The number of H-pyrrole nitrogens is 1. The van der Waals surface area contributed by atoms with Crippen molar-refractivity contribution in [1.29, 1.82) is 0 Å². The van der Waals surface area contributed by atoms with Gasteiger partial charge in [0.25, 0.3) is 0 Å². The van der Waals surface area contributed by atoms with Gasteiger partial charge in [-0.3, -0.25) is 0 Å². The number of nitrogens with one attached hydrogen (secondary N) is 3. The van der Waals surface area contributed by atoms with Gasteiger partial charge >= 0.3 is 6.03 Å². The zero-order valence-corrected chi connectivity index (χ0v) is 9.53. The molecule has 1 heterocycles. The van der Waals surface area contributed by atoms with Crippen LogP contribution in [0.3, 0.4) is 0 Å². The predicted molar refractivity (Wildman–Crippen MR) is 57.6 cm³/mol. The van der Waals surface area contributed by atoms with Crippen LogP contribution >= 0.6 is 0 Å². The van der Waals surface area contributed by atoms with Crippen molar-refractivity contribution in [2.45, 2.75) is 13.0 Å². The summed E-state index contributed by atoms with van der Waals surface area (Å²) < 4.78 is 0. The average molecular weight is 227 g/mol. The molecule has 0 aromatic carbocycles. The lowest BCUT2D eigenvalue weighted by atomic mass is 10.4. The van der Waals surface area contributed by atoms with Crippen LogP contribution in [0.4, 0.5) is 4.79 Å². The molecule has 0 bridgehead atoms. The number of tetrazole rings is 1. The van der Waals surface area contributed by atoms with Crippen molar-refractivity contribution in [1.82, 2.24) is 36.2 Å². The quantitative estimate of drug-likeness (QED) is 0.539. The van der Waals surface area contributed by atoms with Gasteiger partial charge in [0.2, 0.25) is 0 Å². The first-order chi connectivity index (χ1) is 7.74. The Bertz CT molecular complexity index is 299. The van der Waals surface area contributed by atoms with Crippen LogP contribution in [0.15, 0.2) is 0 Å². The fourth-order valence-corrected chi connectivity index (χ4v) is 1.14. The van der Waals surface area contributed by atoms with Crippen LogP contribution in [0.25, 0.3) is 0 Å². The number of aromatic amines is 1. The van der Waals surface area contributed by atoms with E-state index in [4.69, 9.17) is 0 Å². The molecule has 3 N–H and O–H groups in total. The largest absolute Gasteiger partial charge is 0.331 e. The second-order valence-corrected chi connectivity index (χ2v) is 3.37. The van der Waals surface area contributed by atoms with Crippen molar-refractivity contribution < 1.29 is 4.79 Å². The maximum Gasteiger partial charge on any atom is 0.317 e. The van der Waals surface area contributed by atoms with Crippen LogP contribution in [0, 0.1) is 0 Å². The summed E-state index contributed by atoms with van der Waals surface area (Å²) in [5.41, 5.74) is 0. The molecule has 0 unspecified atom stereocenters. The normalized spacial score (nSPS) is 10.1. The minimum absolute atomic E-state index is 0.138. The highest BCUT2D eigenvalue weighted by Gasteiger charge is 2.08. The lowest BCUT2D eigenvalue weighted by Gasteiger charge is -2.17. The van der Waals surface area contributed by atoms with E-state index in [2.05, 4.69) is 31.3 Å². The van der Waals surface area contributed by atoms with Gasteiger partial charge in [0.1, 0.15) is 0 Å². The Balaban J connectivity index is 2.18. The van der Waals surface area contributed by atoms with E-state index in [1.807, 2.05) is 7.05 Å². The van der Waals surface area contributed by atoms with E-state index in [0.29, 0.717) is 12.4 Å². The number of hydrogen-bond donors (Lipinski definition) is 3. The van der Waals surface area contributed by atoms with Crippen LogP contribution in [0.1, 0.15) is 12.2 Å². The highest BCUT2D eigenvalue weighted by Crippen LogP contribution is 1.89. The van der Waals surface area contributed by atoms with Crippen molar-refractivity contribution in [3.63, 3.8) is 0 Å². The van der Waals surface area contributed by atoms with Crippen molar-refractivity contribution in [3.8, 4) is 0 Å². The summed E-state index contributed by atoms with van der Waals surface area (Å²) in [4.78, 5) is 13.2. The number of urea groups is 1. The Labute approximate surface area is 93.8 Å². The molecule has 0 aliphatic heterocycles. The third kappa shape index (κ3) is 4.22. The average Bonchev–Trinajstić information content (AvgIpc) is 2.79. The van der Waals surface area contributed by atoms with Crippen LogP contribution in [-0.2, 0) is 6.54 Å². The predicted octanol–water partition coefficient (Wildman–Crippen LogP) is -1.05. The van der Waals surface area contributed by atoms with Gasteiger partial charge in [0.05, 0.1) is 6.54 Å². The summed E-state index contributed by atoms with van der Waals surface area (Å²) in [6, 6.07) is -0.138. The molecule has 90 valence electrons. The van der Waals surface area contributed by atoms with Crippen molar-refractivity contribution in [2.24, 2.45) is 0 Å². The number of rotatable bonds is 6. The molecule has 0 atom stereocenters. The van der Waals surface area contributed by atoms with E-state index in [1.54, 1.807) is 11.9 Å². The highest BCUT2D eigenvalue weighted by atomic mass is 16.2. The second-order valence-electron chi connectivity index (χ2n) is 3.37. The zero-order valence-electron chi connectivity index (χ0n) is 9.53. The molecule has 1 rings (SSSR count). The van der Waals surface area contributed by atoms with Crippen molar-refractivity contribution in [3.05, 3.63) is 5.82 Å². The summed E-state index contributed by atoms with van der Waals surface area (Å²) in [5.74, 6) is 0.469. The van der Waals surface area contributed by atoms with Gasteiger partial charge in [-0.05, 0) is 20.0 Å². The van der Waals surface area contributed by atoms with Crippen LogP contribution < -0.4 is 10.6 Å². The van der Waals surface area contributed by atoms with E-state index >= 15 is 0 Å². The summed E-state index contributed by atoms with van der Waals surface area (Å²) in [7, 11) is 3.64. The van der Waals surface area contributed by atoms with E-state index < -0.39 is 0 Å². The Morgan fingerprint density at radius 1 is 1.56 bits per heavy atom. The molecule has 0 saturated heterocycles. The van der Waals surface area contributed by atoms with Crippen molar-refractivity contribution in [2.75, 3.05) is 27.2 Å². The first-order valence-electron chi connectivity index (χ1n) is 5.10. The van der Waals surface area contributed by atoms with Crippen molar-refractivity contribution >= 4 is 6.03 Å². The molecule has 16 heavy (non-hydrogen) atoms. The molecule has 8 nitrogen and oxygen atoms in total. The molecule has 0 aliphatic rings. The summed E-state index contributed by atoms with van der Waals surface area (Å²) in [5, 5.41) is 18.9. The SMILES string of the molecule is CNCCCN(C)C(=O)NCc1nn[nH]n1. The Kier molecular flexibility index (Phi) is 5.20. The molecule has 1 aromatic heterocycles. The molecule has 0 saturated carbocycles. The third-order valence-electron chi connectivity index (χ3n) is 2.05. The molecular weight excluding hydrogens is 210 g/mol. The molecule has 1 aromatic rings. The van der Waals surface area contributed by atoms with Gasteiger partial charge in [0.15, 0.2) is 5.82 Å². The molecule has 0 fully saturated rings. The first-order valence-corrected chi connectivity index (χ1v) is 5.10. The summed E-state index contributed by atoms with van der Waals surface area (Å²) in [6.07, 6.45) is 0.919. The standard InChI is InChI=1S/C8H17N7O/c1-9-4-3-5-15(2)8(16)10-6-7-11-13-14-12-7/h9H,3-6H2,1-2H3,(H,10,16)(H,11,12,13,14). The monoisotopic (exact) mass is 227 g/mol. The van der Waals surface area contributed by atoms with Gasteiger partial charge in [-0.15, -0.1) is 10.2 Å². The van der Waals surface area contributed by atoms with Gasteiger partial charge in [-0.1, -0.05) is 5.21 Å². The van der Waals surface area contributed by atoms with Gasteiger partial charge in [-0.2, -0.15) is 5.21 Å². The summed E-state index contributed by atoms with van der Waals surface area (Å²) >= 11 is 0. The number of carbonyl (C=O) groups excluding carboxylic acids is 1. The fraction of sp³-hybridized carbons (Fsp3) is 0.750. The molecule has 2 amide bonds. The number of hydrogen-bond acceptors (Lipinski definition) is 5. The number of nitrogens with zero attached hydrogens (tertiary/aromatic N) is 4. The zero-order chi connectivity index (χ0) is 11.8. The Morgan fingerprint density at radius 3 is 3.00 bits per heavy atom. The van der Waals surface area contributed by atoms with E-state index in [9.17, 15) is 4.79 Å². The highest BCUT2D eigenvalue weighted by molar-refractivity contribution is 5.73. The maximum absolute atomic E-state index is 11.5. The minimum Gasteiger partial charge on any atom is -0.331 e.